The highest BCUT2D eigenvalue weighted by Crippen LogP contribution is 2.19. The smallest absolute Gasteiger partial charge is 0.223 e. The maximum Gasteiger partial charge on any atom is 0.223 e. The van der Waals surface area contributed by atoms with Gasteiger partial charge in [0.2, 0.25) is 5.91 Å². The molecule has 1 atom stereocenters. The molecule has 1 aromatic heterocycles. The normalized spacial score (nSPS) is 17.2. The fraction of sp³-hybridized carbons (Fsp3) is 0.391. The van der Waals surface area contributed by atoms with Crippen LogP contribution in [0.15, 0.2) is 48.5 Å². The van der Waals surface area contributed by atoms with Gasteiger partial charge in [0.05, 0.1) is 11.0 Å². The molecular weight excluding hydrogens is 367 g/mol. The van der Waals surface area contributed by atoms with Gasteiger partial charge in [0.25, 0.3) is 0 Å². The molecule has 0 saturated carbocycles. The summed E-state index contributed by atoms with van der Waals surface area (Å²) in [6.07, 6.45) is 3.09. The fourth-order valence-corrected chi connectivity index (χ4v) is 4.08. The van der Waals surface area contributed by atoms with Crippen molar-refractivity contribution in [1.29, 1.82) is 0 Å². The van der Waals surface area contributed by atoms with E-state index in [1.54, 1.807) is 6.07 Å². The third-order valence-electron chi connectivity index (χ3n) is 5.72. The number of halogens is 1. The molecule has 6 heteroatoms. The van der Waals surface area contributed by atoms with Crippen LogP contribution >= 0.6 is 0 Å². The Morgan fingerprint density at radius 3 is 2.93 bits per heavy atom. The first-order valence-electron chi connectivity index (χ1n) is 10.2. The van der Waals surface area contributed by atoms with Gasteiger partial charge in [-0.3, -0.25) is 9.69 Å². The second-order valence-corrected chi connectivity index (χ2v) is 7.88. The van der Waals surface area contributed by atoms with E-state index in [0.29, 0.717) is 24.4 Å². The van der Waals surface area contributed by atoms with Crippen LogP contribution in [0.3, 0.4) is 0 Å². The third-order valence-corrected chi connectivity index (χ3v) is 5.72. The molecule has 0 unspecified atom stereocenters. The van der Waals surface area contributed by atoms with E-state index in [-0.39, 0.29) is 11.7 Å². The number of piperidine rings is 1. The number of nitrogens with zero attached hydrogens (tertiary/aromatic N) is 3. The van der Waals surface area contributed by atoms with Crippen LogP contribution in [0.25, 0.3) is 11.0 Å². The second kappa shape index (κ2) is 8.74. The van der Waals surface area contributed by atoms with Crippen LogP contribution in [-0.4, -0.2) is 51.9 Å². The Kier molecular flexibility index (Phi) is 5.90. The number of nitrogens with one attached hydrogen (secondary N) is 1. The molecule has 1 aliphatic rings. The lowest BCUT2D eigenvalue weighted by Gasteiger charge is -2.37. The number of likely N-dealkylation sites (tertiary alicyclic amines) is 1. The summed E-state index contributed by atoms with van der Waals surface area (Å²) in [5, 5.41) is 0. The molecule has 1 fully saturated rings. The number of rotatable bonds is 6. The maximum absolute atomic E-state index is 13.3. The van der Waals surface area contributed by atoms with E-state index in [0.717, 1.165) is 43.8 Å². The lowest BCUT2D eigenvalue weighted by molar-refractivity contribution is -0.133. The topological polar surface area (TPSA) is 52.2 Å². The Bertz CT molecular complexity index is 971. The fourth-order valence-electron chi connectivity index (χ4n) is 4.08. The zero-order chi connectivity index (χ0) is 20.2. The van der Waals surface area contributed by atoms with Crippen LogP contribution in [-0.2, 0) is 17.8 Å². The first kappa shape index (κ1) is 19.6. The number of benzene rings is 2. The summed E-state index contributed by atoms with van der Waals surface area (Å²) >= 11 is 0. The van der Waals surface area contributed by atoms with Crippen LogP contribution in [0, 0.1) is 5.82 Å². The largest absolute Gasteiger partial charge is 0.342 e. The van der Waals surface area contributed by atoms with Crippen molar-refractivity contribution in [3.8, 4) is 0 Å². The number of H-pyrrole nitrogens is 1. The van der Waals surface area contributed by atoms with Crippen LogP contribution < -0.4 is 0 Å². The molecule has 2 aromatic carbocycles. The number of amides is 1. The van der Waals surface area contributed by atoms with Gasteiger partial charge >= 0.3 is 0 Å². The van der Waals surface area contributed by atoms with Gasteiger partial charge in [0.15, 0.2) is 0 Å². The van der Waals surface area contributed by atoms with Crippen molar-refractivity contribution >= 4 is 16.9 Å². The minimum atomic E-state index is -0.289. The van der Waals surface area contributed by atoms with Crippen molar-refractivity contribution in [3.63, 3.8) is 0 Å². The number of carbonyl (C=O) groups excluding carboxylic acids is 1. The molecule has 152 valence electrons. The van der Waals surface area contributed by atoms with E-state index in [1.165, 1.54) is 17.7 Å². The summed E-state index contributed by atoms with van der Waals surface area (Å²) in [6, 6.07) is 15.3. The van der Waals surface area contributed by atoms with Gasteiger partial charge < -0.3 is 9.88 Å². The van der Waals surface area contributed by atoms with E-state index < -0.39 is 0 Å². The number of hydrogen-bond acceptors (Lipinski definition) is 3. The van der Waals surface area contributed by atoms with Crippen molar-refractivity contribution in [2.75, 3.05) is 20.1 Å². The van der Waals surface area contributed by atoms with Gasteiger partial charge in [0.1, 0.15) is 11.6 Å². The molecule has 1 amide bonds. The molecule has 1 aliphatic heterocycles. The molecule has 0 bridgehead atoms. The van der Waals surface area contributed by atoms with E-state index in [1.807, 2.05) is 11.0 Å². The number of aromatic nitrogens is 2. The predicted molar refractivity (Wildman–Crippen MR) is 112 cm³/mol. The maximum atomic E-state index is 13.3. The molecule has 0 aliphatic carbocycles. The molecule has 1 saturated heterocycles. The molecule has 2 heterocycles. The molecule has 5 nitrogen and oxygen atoms in total. The average Bonchev–Trinajstić information content (AvgIpc) is 3.15. The Morgan fingerprint density at radius 2 is 2.10 bits per heavy atom. The highest BCUT2D eigenvalue weighted by atomic mass is 19.1. The number of imidazole rings is 1. The summed E-state index contributed by atoms with van der Waals surface area (Å²) in [7, 11) is 2.14. The van der Waals surface area contributed by atoms with Gasteiger partial charge in [-0.15, -0.1) is 0 Å². The first-order chi connectivity index (χ1) is 14.1. The van der Waals surface area contributed by atoms with Gasteiger partial charge in [-0.25, -0.2) is 9.37 Å². The van der Waals surface area contributed by atoms with Crippen molar-refractivity contribution in [3.05, 3.63) is 65.7 Å². The molecule has 0 spiro atoms. The summed E-state index contributed by atoms with van der Waals surface area (Å²) in [4.78, 5) is 24.7. The number of aromatic amines is 1. The molecule has 0 radical (unpaired) electrons. The SMILES string of the molecule is CN(Cc1ccccc1)[C@H]1CCCN(C(=O)CCc2nc3ccc(F)cc3[nH]2)C1. The Hall–Kier alpha value is -2.73. The van der Waals surface area contributed by atoms with Crippen LogP contribution in [0.1, 0.15) is 30.7 Å². The molecule has 3 aromatic rings. The van der Waals surface area contributed by atoms with Crippen LogP contribution in [0.2, 0.25) is 0 Å². The quantitative estimate of drug-likeness (QED) is 0.693. The Labute approximate surface area is 170 Å². The van der Waals surface area contributed by atoms with Crippen molar-refractivity contribution in [1.82, 2.24) is 19.8 Å². The standard InChI is InChI=1S/C23H27FN4O/c1-27(15-17-6-3-2-4-7-17)19-8-5-13-28(16-19)23(29)12-11-22-25-20-10-9-18(24)14-21(20)26-22/h2-4,6-7,9-10,14,19H,5,8,11-13,15-16H2,1H3,(H,25,26)/t19-/m0/s1. The summed E-state index contributed by atoms with van der Waals surface area (Å²) in [5.74, 6) is 0.603. The van der Waals surface area contributed by atoms with Crippen molar-refractivity contribution in [2.45, 2.75) is 38.3 Å². The zero-order valence-electron chi connectivity index (χ0n) is 16.8. The van der Waals surface area contributed by atoms with Crippen molar-refractivity contribution < 1.29 is 9.18 Å². The van der Waals surface area contributed by atoms with Crippen molar-refractivity contribution in [2.24, 2.45) is 0 Å². The van der Waals surface area contributed by atoms with Crippen LogP contribution in [0.5, 0.6) is 0 Å². The monoisotopic (exact) mass is 394 g/mol. The van der Waals surface area contributed by atoms with Gasteiger partial charge in [-0.2, -0.15) is 0 Å². The number of carbonyl (C=O) groups is 1. The molecule has 4 rings (SSSR count). The zero-order valence-corrected chi connectivity index (χ0v) is 16.8. The molecular formula is C23H27FN4O. The number of hydrogen-bond donors (Lipinski definition) is 1. The summed E-state index contributed by atoms with van der Waals surface area (Å²) in [5.41, 5.74) is 2.70. The Morgan fingerprint density at radius 1 is 1.28 bits per heavy atom. The molecule has 29 heavy (non-hydrogen) atoms. The van der Waals surface area contributed by atoms with E-state index in [2.05, 4.69) is 46.2 Å². The number of fused-ring (bicyclic) bond motifs is 1. The lowest BCUT2D eigenvalue weighted by Crippen LogP contribution is -2.48. The summed E-state index contributed by atoms with van der Waals surface area (Å²) in [6.45, 7) is 2.48. The second-order valence-electron chi connectivity index (χ2n) is 7.88. The van der Waals surface area contributed by atoms with Gasteiger partial charge in [-0.1, -0.05) is 30.3 Å². The highest BCUT2D eigenvalue weighted by Gasteiger charge is 2.26. The van der Waals surface area contributed by atoms with Gasteiger partial charge in [-0.05, 0) is 43.7 Å². The van der Waals surface area contributed by atoms with Crippen LogP contribution in [0.4, 0.5) is 4.39 Å². The molecule has 1 N–H and O–H groups in total. The van der Waals surface area contributed by atoms with E-state index in [9.17, 15) is 9.18 Å². The first-order valence-corrected chi connectivity index (χ1v) is 10.2. The van der Waals surface area contributed by atoms with E-state index in [4.69, 9.17) is 0 Å². The minimum absolute atomic E-state index is 0.162. The average molecular weight is 394 g/mol. The lowest BCUT2D eigenvalue weighted by atomic mass is 10.0. The van der Waals surface area contributed by atoms with E-state index >= 15 is 0 Å². The minimum Gasteiger partial charge on any atom is -0.342 e. The number of likely N-dealkylation sites (N-methyl/N-ethyl adjacent to an activating group) is 1. The highest BCUT2D eigenvalue weighted by molar-refractivity contribution is 5.77. The summed E-state index contributed by atoms with van der Waals surface area (Å²) < 4.78 is 13.3. The Balaban J connectivity index is 1.32. The predicted octanol–water partition coefficient (Wildman–Crippen LogP) is 3.76. The number of aryl methyl sites for hydroxylation is 1. The van der Waals surface area contributed by atoms with Gasteiger partial charge in [0, 0.05) is 38.5 Å². The third kappa shape index (κ3) is 4.82.